The number of anilines is 2. The van der Waals surface area contributed by atoms with Gasteiger partial charge >= 0.3 is 5.63 Å². The minimum absolute atomic E-state index is 0.0902. The van der Waals surface area contributed by atoms with Crippen LogP contribution in [0.1, 0.15) is 0 Å². The Balaban J connectivity index is 2.59. The lowest BCUT2D eigenvalue weighted by Gasteiger charge is -2.12. The maximum absolute atomic E-state index is 11.7. The molecular formula is C12H14N2O4S. The van der Waals surface area contributed by atoms with Crippen molar-refractivity contribution in [1.29, 1.82) is 0 Å². The first-order valence-electron chi connectivity index (χ1n) is 5.49. The number of nitrogens with one attached hydrogen (secondary N) is 1. The van der Waals surface area contributed by atoms with Gasteiger partial charge in [-0.05, 0) is 18.2 Å². The van der Waals surface area contributed by atoms with Gasteiger partial charge in [0.05, 0.1) is 6.26 Å². The highest BCUT2D eigenvalue weighted by Gasteiger charge is 2.10. The predicted octanol–water partition coefficient (Wildman–Crippen LogP) is 1.23. The summed E-state index contributed by atoms with van der Waals surface area (Å²) in [7, 11) is 0.240. The fourth-order valence-electron chi connectivity index (χ4n) is 1.65. The summed E-state index contributed by atoms with van der Waals surface area (Å²) in [6.45, 7) is 0. The van der Waals surface area contributed by atoms with Crippen LogP contribution < -0.4 is 15.2 Å². The molecular weight excluding hydrogens is 268 g/mol. The van der Waals surface area contributed by atoms with E-state index in [2.05, 4.69) is 4.72 Å². The standard InChI is InChI=1S/C12H14N2O4S/c1-14(2)9-5-4-8-6-10(13-19(3,16)17)12(15)18-11(8)7-9/h4-7,13H,1-3H3. The van der Waals surface area contributed by atoms with Crippen molar-refractivity contribution < 1.29 is 12.8 Å². The van der Waals surface area contributed by atoms with Crippen LogP contribution in [0.15, 0.2) is 33.5 Å². The summed E-state index contributed by atoms with van der Waals surface area (Å²) in [6.07, 6.45) is 0.978. The molecule has 102 valence electrons. The maximum Gasteiger partial charge on any atom is 0.360 e. The molecule has 0 bridgehead atoms. The summed E-state index contributed by atoms with van der Waals surface area (Å²) in [4.78, 5) is 13.6. The quantitative estimate of drug-likeness (QED) is 0.856. The first kappa shape index (κ1) is 13.4. The molecule has 0 amide bonds. The number of fused-ring (bicyclic) bond motifs is 1. The summed E-state index contributed by atoms with van der Waals surface area (Å²) in [6, 6.07) is 6.80. The molecule has 1 heterocycles. The van der Waals surface area contributed by atoms with E-state index in [0.717, 1.165) is 11.9 Å². The summed E-state index contributed by atoms with van der Waals surface area (Å²) in [5.41, 5.74) is 0.496. The molecule has 1 N–H and O–H groups in total. The fraction of sp³-hybridized carbons (Fsp3) is 0.250. The van der Waals surface area contributed by atoms with Crippen molar-refractivity contribution in [2.75, 3.05) is 30.0 Å². The van der Waals surface area contributed by atoms with Crippen molar-refractivity contribution >= 4 is 32.4 Å². The summed E-state index contributed by atoms with van der Waals surface area (Å²) in [5, 5.41) is 0.649. The molecule has 0 radical (unpaired) electrons. The Hall–Kier alpha value is -2.02. The van der Waals surface area contributed by atoms with Gasteiger partial charge in [0.25, 0.3) is 0 Å². The number of benzene rings is 1. The van der Waals surface area contributed by atoms with Gasteiger partial charge in [0.15, 0.2) is 0 Å². The lowest BCUT2D eigenvalue weighted by molar-refractivity contribution is 0.563. The van der Waals surface area contributed by atoms with Crippen molar-refractivity contribution in [2.45, 2.75) is 0 Å². The van der Waals surface area contributed by atoms with E-state index in [1.165, 1.54) is 6.07 Å². The second-order valence-electron chi connectivity index (χ2n) is 4.44. The Morgan fingerprint density at radius 2 is 1.89 bits per heavy atom. The van der Waals surface area contributed by atoms with E-state index < -0.39 is 15.6 Å². The van der Waals surface area contributed by atoms with Gasteiger partial charge in [-0.3, -0.25) is 4.72 Å². The van der Waals surface area contributed by atoms with Crippen LogP contribution in [0.25, 0.3) is 11.0 Å². The summed E-state index contributed by atoms with van der Waals surface area (Å²) in [5.74, 6) is 0. The molecule has 0 fully saturated rings. The molecule has 19 heavy (non-hydrogen) atoms. The van der Waals surface area contributed by atoms with Crippen LogP contribution >= 0.6 is 0 Å². The molecule has 0 aliphatic rings. The Morgan fingerprint density at radius 3 is 2.47 bits per heavy atom. The molecule has 0 aliphatic heterocycles. The summed E-state index contributed by atoms with van der Waals surface area (Å²) >= 11 is 0. The Morgan fingerprint density at radius 1 is 1.21 bits per heavy atom. The molecule has 1 aromatic carbocycles. The van der Waals surface area contributed by atoms with E-state index in [1.807, 2.05) is 25.1 Å². The van der Waals surface area contributed by atoms with Gasteiger partial charge in [-0.2, -0.15) is 0 Å². The van der Waals surface area contributed by atoms with Gasteiger partial charge in [-0.25, -0.2) is 13.2 Å². The first-order valence-corrected chi connectivity index (χ1v) is 7.38. The minimum atomic E-state index is -3.51. The Bertz CT molecular complexity index is 778. The van der Waals surface area contributed by atoms with Gasteiger partial charge < -0.3 is 9.32 Å². The van der Waals surface area contributed by atoms with Crippen LogP contribution in [-0.2, 0) is 10.0 Å². The smallest absolute Gasteiger partial charge is 0.360 e. The molecule has 0 saturated heterocycles. The molecule has 0 saturated carbocycles. The number of sulfonamides is 1. The van der Waals surface area contributed by atoms with Crippen molar-refractivity contribution in [3.63, 3.8) is 0 Å². The second-order valence-corrected chi connectivity index (χ2v) is 6.19. The van der Waals surface area contributed by atoms with Crippen LogP contribution in [0.2, 0.25) is 0 Å². The van der Waals surface area contributed by atoms with E-state index in [1.54, 1.807) is 12.1 Å². The minimum Gasteiger partial charge on any atom is -0.421 e. The molecule has 0 spiro atoms. The predicted molar refractivity (Wildman–Crippen MR) is 75.3 cm³/mol. The van der Waals surface area contributed by atoms with Gasteiger partial charge in [0, 0.05) is 31.2 Å². The zero-order valence-electron chi connectivity index (χ0n) is 10.8. The van der Waals surface area contributed by atoms with E-state index in [-0.39, 0.29) is 5.69 Å². The lowest BCUT2D eigenvalue weighted by Crippen LogP contribution is -2.16. The van der Waals surface area contributed by atoms with Gasteiger partial charge in [-0.1, -0.05) is 0 Å². The number of hydrogen-bond acceptors (Lipinski definition) is 5. The highest BCUT2D eigenvalue weighted by Crippen LogP contribution is 2.21. The molecule has 0 atom stereocenters. The number of hydrogen-bond donors (Lipinski definition) is 1. The van der Waals surface area contributed by atoms with Crippen LogP contribution in [-0.4, -0.2) is 28.8 Å². The second kappa shape index (κ2) is 4.58. The van der Waals surface area contributed by atoms with E-state index in [9.17, 15) is 13.2 Å². The average Bonchev–Trinajstić information content (AvgIpc) is 2.27. The van der Waals surface area contributed by atoms with Gasteiger partial charge in [0.1, 0.15) is 11.3 Å². The molecule has 6 nitrogen and oxygen atoms in total. The third-order valence-corrected chi connectivity index (χ3v) is 3.12. The first-order chi connectivity index (χ1) is 8.76. The lowest BCUT2D eigenvalue weighted by atomic mass is 10.2. The average molecular weight is 282 g/mol. The van der Waals surface area contributed by atoms with Crippen LogP contribution in [0, 0.1) is 0 Å². The van der Waals surface area contributed by atoms with Crippen molar-refractivity contribution in [2.24, 2.45) is 0 Å². The van der Waals surface area contributed by atoms with E-state index in [0.29, 0.717) is 11.0 Å². The highest BCUT2D eigenvalue weighted by molar-refractivity contribution is 7.92. The third kappa shape index (κ3) is 3.05. The van der Waals surface area contributed by atoms with Crippen molar-refractivity contribution in [1.82, 2.24) is 0 Å². The SMILES string of the molecule is CN(C)c1ccc2cc(NS(C)(=O)=O)c(=O)oc2c1. The van der Waals surface area contributed by atoms with E-state index in [4.69, 9.17) is 4.42 Å². The van der Waals surface area contributed by atoms with E-state index >= 15 is 0 Å². The van der Waals surface area contributed by atoms with Crippen molar-refractivity contribution in [3.05, 3.63) is 34.7 Å². The topological polar surface area (TPSA) is 79.6 Å². The Kier molecular flexibility index (Phi) is 3.23. The molecule has 2 aromatic rings. The molecule has 7 heteroatoms. The fourth-order valence-corrected chi connectivity index (χ4v) is 2.19. The number of rotatable bonds is 3. The third-order valence-electron chi connectivity index (χ3n) is 2.53. The molecule has 0 aliphatic carbocycles. The van der Waals surface area contributed by atoms with Crippen LogP contribution in [0.4, 0.5) is 11.4 Å². The zero-order valence-corrected chi connectivity index (χ0v) is 11.6. The van der Waals surface area contributed by atoms with Crippen LogP contribution in [0.3, 0.4) is 0 Å². The monoisotopic (exact) mass is 282 g/mol. The Labute approximate surface area is 110 Å². The molecule has 0 unspecified atom stereocenters. The molecule has 1 aromatic heterocycles. The molecule has 2 rings (SSSR count). The zero-order chi connectivity index (χ0) is 14.2. The van der Waals surface area contributed by atoms with Crippen molar-refractivity contribution in [3.8, 4) is 0 Å². The summed E-state index contributed by atoms with van der Waals surface area (Å²) < 4.78 is 29.5. The normalized spacial score (nSPS) is 11.5. The maximum atomic E-state index is 11.7. The van der Waals surface area contributed by atoms with Gasteiger partial charge in [0.2, 0.25) is 10.0 Å². The van der Waals surface area contributed by atoms with Gasteiger partial charge in [-0.15, -0.1) is 0 Å². The van der Waals surface area contributed by atoms with Crippen LogP contribution in [0.5, 0.6) is 0 Å². The number of nitrogens with zero attached hydrogens (tertiary/aromatic N) is 1. The largest absolute Gasteiger partial charge is 0.421 e. The highest BCUT2D eigenvalue weighted by atomic mass is 32.2.